The fraction of sp³-hybridized carbons (Fsp3) is 0.818. The Morgan fingerprint density at radius 1 is 1.73 bits per heavy atom. The summed E-state index contributed by atoms with van der Waals surface area (Å²) in [5.41, 5.74) is 5.72. The molecule has 0 saturated carbocycles. The minimum Gasteiger partial charge on any atom is -0.356 e. The number of hydrogen-bond donors (Lipinski definition) is 2. The number of rotatable bonds is 5. The van der Waals surface area contributed by atoms with Crippen molar-refractivity contribution in [2.45, 2.75) is 32.2 Å². The van der Waals surface area contributed by atoms with Crippen molar-refractivity contribution < 1.29 is 9.84 Å². The molecule has 4 heteroatoms. The minimum atomic E-state index is -0.848. The number of aliphatic hydroxyl groups excluding tert-OH is 1. The van der Waals surface area contributed by atoms with Crippen LogP contribution in [0.5, 0.6) is 0 Å². The molecule has 1 saturated heterocycles. The van der Waals surface area contributed by atoms with E-state index in [9.17, 15) is 5.11 Å². The number of nitrogens with two attached hydrogens (primary N) is 1. The molecule has 1 aliphatic heterocycles. The lowest BCUT2D eigenvalue weighted by molar-refractivity contribution is -0.209. The molecule has 4 nitrogen and oxygen atoms in total. The summed E-state index contributed by atoms with van der Waals surface area (Å²) in [7, 11) is 0. The second-order valence-corrected chi connectivity index (χ2v) is 4.11. The van der Waals surface area contributed by atoms with Crippen LogP contribution < -0.4 is 5.73 Å². The normalized spacial score (nSPS) is 30.1. The zero-order valence-corrected chi connectivity index (χ0v) is 9.43. The monoisotopic (exact) mass is 214 g/mol. The van der Waals surface area contributed by atoms with Crippen molar-refractivity contribution in [2.75, 3.05) is 19.7 Å². The lowest BCUT2D eigenvalue weighted by Crippen LogP contribution is -2.53. The molecule has 0 aromatic rings. The van der Waals surface area contributed by atoms with Crippen LogP contribution in [0.15, 0.2) is 12.7 Å². The van der Waals surface area contributed by atoms with Crippen LogP contribution in [0.4, 0.5) is 0 Å². The van der Waals surface area contributed by atoms with Crippen molar-refractivity contribution in [2.24, 2.45) is 11.7 Å². The third kappa shape index (κ3) is 3.28. The standard InChI is InChI=1S/C11H22N2O2/c1-3-7-15-11(14)13-6-4-5-9(2)10(13)8-12/h3,9-11,14H,1,4-8,12H2,2H3/t9-,10?,11?/m1/s1. The molecule has 0 amide bonds. The topological polar surface area (TPSA) is 58.7 Å². The molecule has 1 rings (SSSR count). The largest absolute Gasteiger partial charge is 0.356 e. The second-order valence-electron chi connectivity index (χ2n) is 4.11. The second kappa shape index (κ2) is 6.23. The van der Waals surface area contributed by atoms with Crippen molar-refractivity contribution >= 4 is 0 Å². The SMILES string of the molecule is C=CCOC(O)N1CCC[C@@H](C)C1CN. The van der Waals surface area contributed by atoms with E-state index in [1.54, 1.807) is 6.08 Å². The summed E-state index contributed by atoms with van der Waals surface area (Å²) in [6, 6.07) is 0.221. The van der Waals surface area contributed by atoms with Gasteiger partial charge in [-0.05, 0) is 18.8 Å². The van der Waals surface area contributed by atoms with Gasteiger partial charge in [0.25, 0.3) is 0 Å². The van der Waals surface area contributed by atoms with Crippen LogP contribution in [0.3, 0.4) is 0 Å². The van der Waals surface area contributed by atoms with E-state index in [4.69, 9.17) is 10.5 Å². The Morgan fingerprint density at radius 2 is 2.47 bits per heavy atom. The van der Waals surface area contributed by atoms with Gasteiger partial charge < -0.3 is 15.6 Å². The van der Waals surface area contributed by atoms with Crippen molar-refractivity contribution in [3.05, 3.63) is 12.7 Å². The highest BCUT2D eigenvalue weighted by Gasteiger charge is 2.31. The van der Waals surface area contributed by atoms with Crippen LogP contribution in [0, 0.1) is 5.92 Å². The average molecular weight is 214 g/mol. The Morgan fingerprint density at radius 3 is 3.07 bits per heavy atom. The zero-order chi connectivity index (χ0) is 11.3. The molecule has 0 spiro atoms. The summed E-state index contributed by atoms with van der Waals surface area (Å²) in [6.07, 6.45) is 3.05. The van der Waals surface area contributed by atoms with Crippen molar-refractivity contribution in [1.29, 1.82) is 0 Å². The number of hydrogen-bond acceptors (Lipinski definition) is 4. The Balaban J connectivity index is 2.52. The lowest BCUT2D eigenvalue weighted by Gasteiger charge is -2.41. The first-order valence-corrected chi connectivity index (χ1v) is 5.57. The quantitative estimate of drug-likeness (QED) is 0.517. The molecule has 1 aliphatic rings. The molecule has 15 heavy (non-hydrogen) atoms. The highest BCUT2D eigenvalue weighted by atomic mass is 16.6. The van der Waals surface area contributed by atoms with E-state index in [0.717, 1.165) is 13.0 Å². The molecule has 3 N–H and O–H groups in total. The number of aliphatic hydroxyl groups is 1. The Labute approximate surface area is 91.7 Å². The smallest absolute Gasteiger partial charge is 0.216 e. The molecule has 0 bridgehead atoms. The molecule has 88 valence electrons. The van der Waals surface area contributed by atoms with Crippen molar-refractivity contribution in [3.8, 4) is 0 Å². The highest BCUT2D eigenvalue weighted by molar-refractivity contribution is 4.82. The fourth-order valence-electron chi connectivity index (χ4n) is 2.17. The van der Waals surface area contributed by atoms with Gasteiger partial charge in [-0.25, -0.2) is 0 Å². The van der Waals surface area contributed by atoms with Gasteiger partial charge in [-0.3, -0.25) is 4.90 Å². The average Bonchev–Trinajstić information content (AvgIpc) is 2.25. The van der Waals surface area contributed by atoms with Crippen LogP contribution >= 0.6 is 0 Å². The van der Waals surface area contributed by atoms with E-state index in [2.05, 4.69) is 13.5 Å². The maximum Gasteiger partial charge on any atom is 0.216 e. The maximum absolute atomic E-state index is 9.82. The first kappa shape index (κ1) is 12.6. The third-order valence-corrected chi connectivity index (χ3v) is 3.05. The van der Waals surface area contributed by atoms with Gasteiger partial charge in [0.2, 0.25) is 6.41 Å². The first-order chi connectivity index (χ1) is 7.20. The molecular formula is C11H22N2O2. The zero-order valence-electron chi connectivity index (χ0n) is 9.43. The maximum atomic E-state index is 9.82. The Bertz CT molecular complexity index is 199. The molecule has 0 aliphatic carbocycles. The van der Waals surface area contributed by atoms with Gasteiger partial charge in [0.15, 0.2) is 0 Å². The molecule has 2 unspecified atom stereocenters. The van der Waals surface area contributed by atoms with Gasteiger partial charge in [-0.1, -0.05) is 13.0 Å². The van der Waals surface area contributed by atoms with Crippen LogP contribution in [0.25, 0.3) is 0 Å². The summed E-state index contributed by atoms with van der Waals surface area (Å²) in [6.45, 7) is 7.50. The summed E-state index contributed by atoms with van der Waals surface area (Å²) >= 11 is 0. The summed E-state index contributed by atoms with van der Waals surface area (Å²) in [4.78, 5) is 1.94. The molecule has 0 aromatic carbocycles. The minimum absolute atomic E-state index is 0.221. The number of ether oxygens (including phenoxy) is 1. The highest BCUT2D eigenvalue weighted by Crippen LogP contribution is 2.24. The molecular weight excluding hydrogens is 192 g/mol. The van der Waals surface area contributed by atoms with Gasteiger partial charge in [-0.2, -0.15) is 0 Å². The molecule has 3 atom stereocenters. The van der Waals surface area contributed by atoms with E-state index in [-0.39, 0.29) is 6.04 Å². The molecule has 0 aromatic heterocycles. The van der Waals surface area contributed by atoms with Gasteiger partial charge in [-0.15, -0.1) is 6.58 Å². The van der Waals surface area contributed by atoms with Crippen LogP contribution in [0.2, 0.25) is 0 Å². The van der Waals surface area contributed by atoms with Crippen LogP contribution in [-0.2, 0) is 4.74 Å². The number of piperidine rings is 1. The predicted octanol–water partition coefficient (Wildman–Crippen LogP) is 0.524. The molecule has 1 fully saturated rings. The van der Waals surface area contributed by atoms with E-state index in [1.165, 1.54) is 6.42 Å². The Kier molecular flexibility index (Phi) is 5.25. The van der Waals surface area contributed by atoms with E-state index in [1.807, 2.05) is 4.90 Å². The van der Waals surface area contributed by atoms with Gasteiger partial charge in [0.1, 0.15) is 0 Å². The van der Waals surface area contributed by atoms with E-state index < -0.39 is 6.41 Å². The van der Waals surface area contributed by atoms with E-state index in [0.29, 0.717) is 19.1 Å². The van der Waals surface area contributed by atoms with Crippen LogP contribution in [-0.4, -0.2) is 42.2 Å². The lowest BCUT2D eigenvalue weighted by atomic mass is 9.91. The van der Waals surface area contributed by atoms with Crippen molar-refractivity contribution in [1.82, 2.24) is 4.90 Å². The van der Waals surface area contributed by atoms with Crippen molar-refractivity contribution in [3.63, 3.8) is 0 Å². The number of likely N-dealkylation sites (tertiary alicyclic amines) is 1. The van der Waals surface area contributed by atoms with Crippen LogP contribution in [0.1, 0.15) is 19.8 Å². The first-order valence-electron chi connectivity index (χ1n) is 5.57. The predicted molar refractivity (Wildman–Crippen MR) is 60.1 cm³/mol. The van der Waals surface area contributed by atoms with Gasteiger partial charge in [0, 0.05) is 19.1 Å². The summed E-state index contributed by atoms with van der Waals surface area (Å²) in [5, 5.41) is 9.82. The summed E-state index contributed by atoms with van der Waals surface area (Å²) in [5.74, 6) is 0.519. The van der Waals surface area contributed by atoms with E-state index >= 15 is 0 Å². The molecule has 0 radical (unpaired) electrons. The van der Waals surface area contributed by atoms with Gasteiger partial charge in [0.05, 0.1) is 6.61 Å². The molecule has 1 heterocycles. The number of nitrogens with zero attached hydrogens (tertiary/aromatic N) is 1. The summed E-state index contributed by atoms with van der Waals surface area (Å²) < 4.78 is 5.22. The fourth-order valence-corrected chi connectivity index (χ4v) is 2.17. The third-order valence-electron chi connectivity index (χ3n) is 3.05. The van der Waals surface area contributed by atoms with Gasteiger partial charge >= 0.3 is 0 Å². The Hall–Kier alpha value is -0.420.